The normalized spacial score (nSPS) is 14.1. The van der Waals surface area contributed by atoms with Crippen molar-refractivity contribution >= 4 is 5.97 Å². The van der Waals surface area contributed by atoms with Crippen LogP contribution in [0, 0.1) is 11.7 Å². The highest BCUT2D eigenvalue weighted by molar-refractivity contribution is 5.70. The third kappa shape index (κ3) is 2.94. The molecule has 0 aliphatic carbocycles. The summed E-state index contributed by atoms with van der Waals surface area (Å²) in [5, 5.41) is 11.8. The number of carboxylic acids is 1. The van der Waals surface area contributed by atoms with Crippen LogP contribution in [-0.4, -0.2) is 25.2 Å². The van der Waals surface area contributed by atoms with Gasteiger partial charge in [-0.05, 0) is 24.7 Å². The molecule has 1 aromatic carbocycles. The van der Waals surface area contributed by atoms with Crippen LogP contribution >= 0.6 is 0 Å². The molecule has 17 heavy (non-hydrogen) atoms. The Kier molecular flexibility index (Phi) is 4.45. The lowest BCUT2D eigenvalue weighted by Crippen LogP contribution is -2.28. The third-order valence-electron chi connectivity index (χ3n) is 2.74. The first-order valence-electron chi connectivity index (χ1n) is 5.24. The molecule has 2 atom stereocenters. The second-order valence-corrected chi connectivity index (χ2v) is 3.79. The van der Waals surface area contributed by atoms with E-state index < -0.39 is 23.7 Å². The lowest BCUT2D eigenvalue weighted by atomic mass is 9.94. The number of rotatable bonds is 5. The van der Waals surface area contributed by atoms with E-state index in [1.54, 1.807) is 20.0 Å². The van der Waals surface area contributed by atoms with Crippen LogP contribution in [0.25, 0.3) is 0 Å². The summed E-state index contributed by atoms with van der Waals surface area (Å²) in [7, 11) is 3.03. The summed E-state index contributed by atoms with van der Waals surface area (Å²) < 4.78 is 18.3. The summed E-state index contributed by atoms with van der Waals surface area (Å²) in [6.45, 7) is 1.58. The van der Waals surface area contributed by atoms with Crippen LogP contribution in [-0.2, 0) is 4.79 Å². The van der Waals surface area contributed by atoms with Gasteiger partial charge < -0.3 is 15.2 Å². The first kappa shape index (κ1) is 13.4. The Morgan fingerprint density at radius 3 is 2.59 bits per heavy atom. The maximum atomic E-state index is 13.5. The Labute approximate surface area is 99.4 Å². The van der Waals surface area contributed by atoms with Crippen LogP contribution in [0.15, 0.2) is 18.2 Å². The van der Waals surface area contributed by atoms with E-state index in [9.17, 15) is 9.18 Å². The second-order valence-electron chi connectivity index (χ2n) is 3.79. The summed E-state index contributed by atoms with van der Waals surface area (Å²) in [5.41, 5.74) is 0.584. The Morgan fingerprint density at radius 1 is 1.53 bits per heavy atom. The molecule has 0 aliphatic heterocycles. The fraction of sp³-hybridized carbons (Fsp3) is 0.417. The van der Waals surface area contributed by atoms with E-state index >= 15 is 0 Å². The number of hydrogen-bond acceptors (Lipinski definition) is 3. The van der Waals surface area contributed by atoms with Crippen LogP contribution in [0.1, 0.15) is 18.5 Å². The zero-order valence-corrected chi connectivity index (χ0v) is 10.0. The van der Waals surface area contributed by atoms with Crippen molar-refractivity contribution in [3.63, 3.8) is 0 Å². The van der Waals surface area contributed by atoms with Gasteiger partial charge in [0.15, 0.2) is 11.6 Å². The van der Waals surface area contributed by atoms with Gasteiger partial charge in [-0.15, -0.1) is 0 Å². The third-order valence-corrected chi connectivity index (χ3v) is 2.74. The summed E-state index contributed by atoms with van der Waals surface area (Å²) in [4.78, 5) is 10.9. The van der Waals surface area contributed by atoms with Gasteiger partial charge in [-0.1, -0.05) is 13.0 Å². The number of nitrogens with one attached hydrogen (secondary N) is 1. The van der Waals surface area contributed by atoms with Gasteiger partial charge in [0.1, 0.15) is 0 Å². The molecule has 0 spiro atoms. The van der Waals surface area contributed by atoms with Crippen molar-refractivity contribution in [3.8, 4) is 5.75 Å². The number of aliphatic carboxylic acids is 1. The minimum absolute atomic E-state index is 0.145. The van der Waals surface area contributed by atoms with Crippen molar-refractivity contribution in [1.29, 1.82) is 0 Å². The molecule has 0 saturated carbocycles. The predicted octanol–water partition coefficient (Wildman–Crippen LogP) is 1.82. The topological polar surface area (TPSA) is 58.6 Å². The zero-order chi connectivity index (χ0) is 13.0. The standard InChI is InChI=1S/C12H16FNO3/c1-7(12(15)16)11(14-2)8-4-5-10(17-3)9(13)6-8/h4-7,11,14H,1-3H3,(H,15,16). The molecule has 0 aromatic heterocycles. The molecule has 4 nitrogen and oxygen atoms in total. The molecule has 0 heterocycles. The van der Waals surface area contributed by atoms with E-state index in [2.05, 4.69) is 5.32 Å². The van der Waals surface area contributed by atoms with Crippen molar-refractivity contribution in [2.45, 2.75) is 13.0 Å². The molecule has 0 aliphatic rings. The molecular weight excluding hydrogens is 225 g/mol. The molecule has 94 valence electrons. The van der Waals surface area contributed by atoms with Crippen molar-refractivity contribution in [3.05, 3.63) is 29.6 Å². The second kappa shape index (κ2) is 5.63. The summed E-state index contributed by atoms with van der Waals surface area (Å²) in [6.07, 6.45) is 0. The number of benzene rings is 1. The van der Waals surface area contributed by atoms with Gasteiger partial charge in [-0.3, -0.25) is 4.79 Å². The Hall–Kier alpha value is -1.62. The number of carbonyl (C=O) groups is 1. The Morgan fingerprint density at radius 2 is 2.18 bits per heavy atom. The maximum absolute atomic E-state index is 13.5. The lowest BCUT2D eigenvalue weighted by Gasteiger charge is -2.21. The number of methoxy groups -OCH3 is 1. The molecule has 0 saturated heterocycles. The molecule has 0 amide bonds. The monoisotopic (exact) mass is 241 g/mol. The Bertz CT molecular complexity index is 409. The van der Waals surface area contributed by atoms with Gasteiger partial charge in [0.05, 0.1) is 13.0 Å². The van der Waals surface area contributed by atoms with Gasteiger partial charge in [0.25, 0.3) is 0 Å². The Balaban J connectivity index is 3.04. The fourth-order valence-electron chi connectivity index (χ4n) is 1.72. The van der Waals surface area contributed by atoms with E-state index in [-0.39, 0.29) is 5.75 Å². The molecule has 2 unspecified atom stereocenters. The molecule has 0 radical (unpaired) electrons. The highest BCUT2D eigenvalue weighted by Crippen LogP contribution is 2.26. The van der Waals surface area contributed by atoms with Crippen LogP contribution in [0.5, 0.6) is 5.75 Å². The average Bonchev–Trinajstić information content (AvgIpc) is 2.30. The summed E-state index contributed by atoms with van der Waals surface area (Å²) in [5.74, 6) is -1.93. The fourth-order valence-corrected chi connectivity index (χ4v) is 1.72. The van der Waals surface area contributed by atoms with Crippen molar-refractivity contribution in [2.75, 3.05) is 14.2 Å². The summed E-state index contributed by atoms with van der Waals surface area (Å²) in [6, 6.07) is 4.00. The molecule has 2 N–H and O–H groups in total. The first-order valence-corrected chi connectivity index (χ1v) is 5.24. The molecule has 0 bridgehead atoms. The van der Waals surface area contributed by atoms with Crippen LogP contribution in [0.4, 0.5) is 4.39 Å². The quantitative estimate of drug-likeness (QED) is 0.825. The van der Waals surface area contributed by atoms with Gasteiger partial charge >= 0.3 is 5.97 Å². The smallest absolute Gasteiger partial charge is 0.308 e. The highest BCUT2D eigenvalue weighted by atomic mass is 19.1. The van der Waals surface area contributed by atoms with Gasteiger partial charge in [-0.25, -0.2) is 4.39 Å². The maximum Gasteiger partial charge on any atom is 0.308 e. The van der Waals surface area contributed by atoms with E-state index in [0.717, 1.165) is 0 Å². The molecule has 1 aromatic rings. The largest absolute Gasteiger partial charge is 0.494 e. The van der Waals surface area contributed by atoms with E-state index in [1.165, 1.54) is 19.2 Å². The summed E-state index contributed by atoms with van der Waals surface area (Å²) >= 11 is 0. The van der Waals surface area contributed by atoms with Gasteiger partial charge in [0, 0.05) is 6.04 Å². The van der Waals surface area contributed by atoms with Gasteiger partial charge in [0.2, 0.25) is 0 Å². The molecule has 1 rings (SSSR count). The van der Waals surface area contributed by atoms with Crippen LogP contribution < -0.4 is 10.1 Å². The van der Waals surface area contributed by atoms with Crippen molar-refractivity contribution in [1.82, 2.24) is 5.32 Å². The van der Waals surface area contributed by atoms with E-state index in [4.69, 9.17) is 9.84 Å². The molecule has 5 heteroatoms. The minimum atomic E-state index is -0.930. The first-order chi connectivity index (χ1) is 8.01. The number of carboxylic acid groups (broad SMARTS) is 1. The molecule has 0 fully saturated rings. The van der Waals surface area contributed by atoms with Crippen LogP contribution in [0.2, 0.25) is 0 Å². The molecular formula is C12H16FNO3. The number of ether oxygens (including phenoxy) is 1. The zero-order valence-electron chi connectivity index (χ0n) is 10.0. The van der Waals surface area contributed by atoms with E-state index in [1.807, 2.05) is 0 Å². The SMILES string of the molecule is CNC(c1ccc(OC)c(F)c1)C(C)C(=O)O. The van der Waals surface area contributed by atoms with Gasteiger partial charge in [-0.2, -0.15) is 0 Å². The predicted molar refractivity (Wildman–Crippen MR) is 61.6 cm³/mol. The number of hydrogen-bond donors (Lipinski definition) is 2. The van der Waals surface area contributed by atoms with Crippen molar-refractivity contribution in [2.24, 2.45) is 5.92 Å². The van der Waals surface area contributed by atoms with Crippen molar-refractivity contribution < 1.29 is 19.0 Å². The lowest BCUT2D eigenvalue weighted by molar-refractivity contribution is -0.142. The average molecular weight is 241 g/mol. The number of halogens is 1. The van der Waals surface area contributed by atoms with Crippen LogP contribution in [0.3, 0.4) is 0 Å². The minimum Gasteiger partial charge on any atom is -0.494 e. The highest BCUT2D eigenvalue weighted by Gasteiger charge is 2.24. The van der Waals surface area contributed by atoms with E-state index in [0.29, 0.717) is 5.56 Å².